The lowest BCUT2D eigenvalue weighted by molar-refractivity contribution is 0.550. The fraction of sp³-hybridized carbons (Fsp3) is 0.0303. The normalized spacial score (nSPS) is 12.4. The van der Waals surface area contributed by atoms with Crippen LogP contribution in [0.2, 0.25) is 0 Å². The van der Waals surface area contributed by atoms with Crippen LogP contribution in [0.25, 0.3) is 77.2 Å². The van der Waals surface area contributed by atoms with Gasteiger partial charge in [0.2, 0.25) is 6.41 Å². The zero-order valence-corrected chi connectivity index (χ0v) is 20.8. The van der Waals surface area contributed by atoms with Gasteiger partial charge in [-0.2, -0.15) is 0 Å². The number of hydrogen-bond donors (Lipinski definition) is 0. The highest BCUT2D eigenvalue weighted by atomic mass is 16.3. The molecular weight excluding hydrogens is 486 g/mol. The number of carbonyl (C=O) groups excluding carboxylic acids is 1. The summed E-state index contributed by atoms with van der Waals surface area (Å²) in [6.07, 6.45) is 0.867. The highest BCUT2D eigenvalue weighted by Gasteiger charge is 2.29. The van der Waals surface area contributed by atoms with Crippen molar-refractivity contribution in [3.63, 3.8) is 0 Å². The molecule has 184 valence electrons. The third-order valence-corrected chi connectivity index (χ3v) is 8.27. The molecule has 2 aromatic heterocycles. The monoisotopic (exact) mass is 505 g/mol. The van der Waals surface area contributed by atoms with Crippen LogP contribution in [0.1, 0.15) is 5.56 Å². The summed E-state index contributed by atoms with van der Waals surface area (Å²) in [5.74, 6) is 0. The van der Waals surface area contributed by atoms with Gasteiger partial charge in [-0.15, -0.1) is 0 Å². The molecular formula is C33H19N3O3. The van der Waals surface area contributed by atoms with E-state index in [1.54, 1.807) is 8.97 Å². The second-order valence-corrected chi connectivity index (χ2v) is 10.2. The number of aromatic nitrogens is 3. The molecule has 0 aliphatic carbocycles. The van der Waals surface area contributed by atoms with Crippen LogP contribution in [-0.2, 0) is 4.79 Å². The zero-order valence-electron chi connectivity index (χ0n) is 20.8. The van der Waals surface area contributed by atoms with Gasteiger partial charge in [-0.05, 0) is 65.9 Å². The molecule has 4 heterocycles. The molecule has 2 aliphatic rings. The van der Waals surface area contributed by atoms with Gasteiger partial charge in [0.1, 0.15) is 11.2 Å². The van der Waals surface area contributed by atoms with Crippen LogP contribution in [0.3, 0.4) is 0 Å². The fourth-order valence-corrected chi connectivity index (χ4v) is 6.66. The second kappa shape index (κ2) is 6.94. The number of hydrogen-bond acceptors (Lipinski definition) is 3. The standard InChI is InChI=1S/C33H19N3O3/c1-18-7-2-3-8-19(18)21-14-16-27-32-28(21)34(17-37)24-15-13-22-20-9-4-5-10-23(20)33(38)35-25-11-6-12-26(39-27)30(25)36(32)31(24)29(22)35/h2-17H,1H3. The highest BCUT2D eigenvalue weighted by Crippen LogP contribution is 2.44. The maximum absolute atomic E-state index is 14.1. The van der Waals surface area contributed by atoms with Crippen molar-refractivity contribution in [2.75, 3.05) is 0 Å². The molecule has 0 fully saturated rings. The Morgan fingerprint density at radius 1 is 0.641 bits per heavy atom. The van der Waals surface area contributed by atoms with Gasteiger partial charge in [0.15, 0.2) is 11.2 Å². The van der Waals surface area contributed by atoms with Gasteiger partial charge >= 0.3 is 0 Å². The molecule has 0 radical (unpaired) electrons. The summed E-state index contributed by atoms with van der Waals surface area (Å²) in [4.78, 5) is 27.0. The third-order valence-electron chi connectivity index (χ3n) is 8.27. The van der Waals surface area contributed by atoms with E-state index in [1.165, 1.54) is 0 Å². The molecule has 0 amide bonds. The number of para-hydroxylation sites is 1. The van der Waals surface area contributed by atoms with E-state index in [0.717, 1.165) is 72.7 Å². The van der Waals surface area contributed by atoms with Crippen LogP contribution in [0.15, 0.2) is 100 Å². The predicted octanol–water partition coefficient (Wildman–Crippen LogP) is 7.14. The topological polar surface area (TPSA) is 61.5 Å². The zero-order chi connectivity index (χ0) is 26.0. The number of benzene rings is 5. The first kappa shape index (κ1) is 20.7. The summed E-state index contributed by atoms with van der Waals surface area (Å²) in [6, 6.07) is 29.7. The van der Waals surface area contributed by atoms with E-state index in [1.807, 2.05) is 78.9 Å². The van der Waals surface area contributed by atoms with Crippen LogP contribution in [-0.4, -0.2) is 19.9 Å². The van der Waals surface area contributed by atoms with Crippen LogP contribution in [0.5, 0.6) is 0 Å². The van der Waals surface area contributed by atoms with Crippen molar-refractivity contribution in [2.24, 2.45) is 0 Å². The molecule has 6 heteroatoms. The summed E-state index contributed by atoms with van der Waals surface area (Å²) in [5.41, 5.74) is 9.78. The summed E-state index contributed by atoms with van der Waals surface area (Å²) in [6.45, 7) is 2.08. The quantitative estimate of drug-likeness (QED) is 0.143. The molecule has 0 bridgehead atoms. The van der Waals surface area contributed by atoms with Gasteiger partial charge in [-0.3, -0.25) is 23.1 Å². The lowest BCUT2D eigenvalue weighted by Crippen LogP contribution is -2.22. The van der Waals surface area contributed by atoms with E-state index in [-0.39, 0.29) is 5.56 Å². The minimum atomic E-state index is -0.0949. The Kier molecular flexibility index (Phi) is 3.68. The highest BCUT2D eigenvalue weighted by molar-refractivity contribution is 6.20. The summed E-state index contributed by atoms with van der Waals surface area (Å²) < 4.78 is 12.2. The Morgan fingerprint density at radius 2 is 1.46 bits per heavy atom. The number of carbonyl (C=O) groups is 1. The lowest BCUT2D eigenvalue weighted by Gasteiger charge is -2.28. The van der Waals surface area contributed by atoms with Gasteiger partial charge in [0, 0.05) is 16.3 Å². The third kappa shape index (κ3) is 2.33. The maximum Gasteiger partial charge on any atom is 0.263 e. The molecule has 7 aromatic rings. The summed E-state index contributed by atoms with van der Waals surface area (Å²) in [7, 11) is 0. The SMILES string of the molecule is Cc1ccccc1-c1ccc2oc3cccc4c3-n3c2c1n(C=O)c1ccc2c5ccccc5c(=O)n4c2c13. The van der Waals surface area contributed by atoms with Gasteiger partial charge < -0.3 is 4.42 Å². The first-order valence-electron chi connectivity index (χ1n) is 12.9. The summed E-state index contributed by atoms with van der Waals surface area (Å²) >= 11 is 0. The fourth-order valence-electron chi connectivity index (χ4n) is 6.66. The number of nitrogens with zero attached hydrogens (tertiary/aromatic N) is 3. The molecule has 39 heavy (non-hydrogen) atoms. The Morgan fingerprint density at radius 3 is 2.31 bits per heavy atom. The predicted molar refractivity (Wildman–Crippen MR) is 155 cm³/mol. The van der Waals surface area contributed by atoms with E-state index in [2.05, 4.69) is 23.6 Å². The smallest absolute Gasteiger partial charge is 0.263 e. The molecule has 0 saturated carbocycles. The largest absolute Gasteiger partial charge is 0.453 e. The minimum absolute atomic E-state index is 0.0949. The van der Waals surface area contributed by atoms with E-state index < -0.39 is 0 Å². The van der Waals surface area contributed by atoms with Crippen molar-refractivity contribution in [2.45, 2.75) is 6.92 Å². The second-order valence-electron chi connectivity index (χ2n) is 10.2. The van der Waals surface area contributed by atoms with E-state index in [9.17, 15) is 9.59 Å². The summed E-state index contributed by atoms with van der Waals surface area (Å²) in [5, 5.41) is 2.50. The minimum Gasteiger partial charge on any atom is -0.453 e. The molecule has 0 unspecified atom stereocenters. The Hall–Kier alpha value is -5.36. The Labute approximate surface area is 220 Å². The average molecular weight is 506 g/mol. The van der Waals surface area contributed by atoms with Crippen LogP contribution < -0.4 is 5.56 Å². The van der Waals surface area contributed by atoms with Crippen molar-refractivity contribution in [3.8, 4) is 16.8 Å². The van der Waals surface area contributed by atoms with Crippen LogP contribution in [0.4, 0.5) is 0 Å². The molecule has 5 aromatic carbocycles. The first-order chi connectivity index (χ1) is 19.2. The van der Waals surface area contributed by atoms with Crippen molar-refractivity contribution >= 4 is 66.8 Å². The van der Waals surface area contributed by atoms with Crippen molar-refractivity contribution in [1.82, 2.24) is 13.5 Å². The van der Waals surface area contributed by atoms with E-state index >= 15 is 0 Å². The van der Waals surface area contributed by atoms with Crippen LogP contribution in [0, 0.1) is 6.92 Å². The number of fused-ring (bicyclic) bond motifs is 3. The number of rotatable bonds is 2. The van der Waals surface area contributed by atoms with Gasteiger partial charge in [0.05, 0.1) is 27.6 Å². The van der Waals surface area contributed by atoms with Crippen LogP contribution >= 0.6 is 0 Å². The lowest BCUT2D eigenvalue weighted by atomic mass is 9.97. The average Bonchev–Trinajstić information content (AvgIpc) is 2.97. The Bertz CT molecular complexity index is 2500. The molecule has 0 spiro atoms. The first-order valence-corrected chi connectivity index (χ1v) is 12.9. The van der Waals surface area contributed by atoms with Gasteiger partial charge in [-0.25, -0.2) is 0 Å². The number of aryl methyl sites for hydroxylation is 1. The molecule has 6 nitrogen and oxygen atoms in total. The van der Waals surface area contributed by atoms with Crippen molar-refractivity contribution in [1.29, 1.82) is 0 Å². The molecule has 9 rings (SSSR count). The van der Waals surface area contributed by atoms with Gasteiger partial charge in [-0.1, -0.05) is 48.5 Å². The van der Waals surface area contributed by atoms with Crippen molar-refractivity contribution < 1.29 is 9.21 Å². The van der Waals surface area contributed by atoms with Gasteiger partial charge in [0.25, 0.3) is 5.56 Å². The number of pyridine rings is 1. The van der Waals surface area contributed by atoms with E-state index in [4.69, 9.17) is 4.42 Å². The molecule has 0 N–H and O–H groups in total. The molecule has 0 atom stereocenters. The molecule has 2 aliphatic heterocycles. The molecule has 0 saturated heterocycles. The van der Waals surface area contributed by atoms with E-state index in [0.29, 0.717) is 16.6 Å². The Balaban J connectivity index is 1.69. The maximum atomic E-state index is 14.1. The van der Waals surface area contributed by atoms with Crippen molar-refractivity contribution in [3.05, 3.63) is 107 Å².